The van der Waals surface area contributed by atoms with Gasteiger partial charge in [-0.05, 0) is 95.8 Å². The highest BCUT2D eigenvalue weighted by Gasteiger charge is 2.10. The van der Waals surface area contributed by atoms with E-state index in [1.807, 2.05) is 11.3 Å². The van der Waals surface area contributed by atoms with Crippen LogP contribution in [0.3, 0.4) is 0 Å². The second-order valence-corrected chi connectivity index (χ2v) is 8.45. The lowest BCUT2D eigenvalue weighted by molar-refractivity contribution is 1.37. The van der Waals surface area contributed by atoms with E-state index in [-0.39, 0.29) is 0 Å². The minimum atomic E-state index is 1.34. The normalized spacial score (nSPS) is 12.0. The Hall–Kier alpha value is -2.38. The van der Waals surface area contributed by atoms with Gasteiger partial charge < -0.3 is 0 Å². The third-order valence-corrected chi connectivity index (χ3v) is 6.73. The van der Waals surface area contributed by atoms with E-state index < -0.39 is 0 Å². The Morgan fingerprint density at radius 2 is 0.760 bits per heavy atom. The molecule has 0 bridgehead atoms. The van der Waals surface area contributed by atoms with Gasteiger partial charge in [0.1, 0.15) is 0 Å². The second kappa shape index (κ2) is 5.06. The van der Waals surface area contributed by atoms with E-state index in [1.54, 1.807) is 0 Å². The number of aryl methyl sites for hydroxylation is 4. The first-order chi connectivity index (χ1) is 12.0. The molecule has 0 amide bonds. The number of hydrogen-bond donors (Lipinski definition) is 0. The Morgan fingerprint density at radius 1 is 0.440 bits per heavy atom. The molecule has 0 aliphatic rings. The summed E-state index contributed by atoms with van der Waals surface area (Å²) in [6.45, 7) is 8.79. The molecule has 1 heterocycles. The number of thiophene rings is 1. The molecule has 0 N–H and O–H groups in total. The molecule has 0 unspecified atom stereocenters. The second-order valence-electron chi connectivity index (χ2n) is 7.37. The zero-order valence-electron chi connectivity index (χ0n) is 15.0. The molecule has 0 nitrogen and oxygen atoms in total. The van der Waals surface area contributed by atoms with Crippen molar-refractivity contribution < 1.29 is 0 Å². The lowest BCUT2D eigenvalue weighted by Crippen LogP contribution is -1.82. The van der Waals surface area contributed by atoms with Crippen LogP contribution in [0.2, 0.25) is 0 Å². The molecule has 0 aliphatic carbocycles. The molecule has 5 aromatic rings. The quantitative estimate of drug-likeness (QED) is 0.272. The van der Waals surface area contributed by atoms with Crippen LogP contribution in [0.5, 0.6) is 0 Å². The van der Waals surface area contributed by atoms with Crippen LogP contribution in [-0.2, 0) is 0 Å². The summed E-state index contributed by atoms with van der Waals surface area (Å²) in [7, 11) is 0. The maximum absolute atomic E-state index is 2.38. The van der Waals surface area contributed by atoms with Crippen molar-refractivity contribution >= 4 is 53.1 Å². The van der Waals surface area contributed by atoms with Crippen molar-refractivity contribution in [1.29, 1.82) is 0 Å². The molecule has 0 fully saturated rings. The fraction of sp³-hybridized carbons (Fsp3) is 0.167. The van der Waals surface area contributed by atoms with E-state index in [2.05, 4.69) is 76.2 Å². The number of benzene rings is 4. The van der Waals surface area contributed by atoms with Crippen molar-refractivity contribution in [3.8, 4) is 0 Å². The predicted octanol–water partition coefficient (Wildman–Crippen LogP) is 7.59. The molecular weight excluding hydrogens is 320 g/mol. The average Bonchev–Trinajstić information content (AvgIpc) is 2.90. The standard InChI is InChI=1S/C24H20S/c1-13-5-17-9-21-22-10-18-6-14(2)16(4)8-20(18)12-24(22)25-23(21)11-19(17)7-15(13)3/h5-12H,1-4H3. The zero-order valence-corrected chi connectivity index (χ0v) is 15.8. The van der Waals surface area contributed by atoms with Crippen molar-refractivity contribution in [3.63, 3.8) is 0 Å². The van der Waals surface area contributed by atoms with Gasteiger partial charge in [-0.2, -0.15) is 0 Å². The molecule has 0 saturated heterocycles. The predicted molar refractivity (Wildman–Crippen MR) is 113 cm³/mol. The molecular formula is C24H20S. The minimum absolute atomic E-state index is 1.34. The summed E-state index contributed by atoms with van der Waals surface area (Å²) in [6, 6.07) is 18.8. The monoisotopic (exact) mass is 340 g/mol. The molecule has 0 saturated carbocycles. The lowest BCUT2D eigenvalue weighted by atomic mass is 9.99. The highest BCUT2D eigenvalue weighted by Crippen LogP contribution is 2.39. The SMILES string of the molecule is Cc1cc2cc3sc4cc5cc(C)c(C)cc5cc4c3cc2cc1C. The first-order valence-electron chi connectivity index (χ1n) is 8.78. The topological polar surface area (TPSA) is 0 Å². The van der Waals surface area contributed by atoms with Gasteiger partial charge in [0.2, 0.25) is 0 Å². The Kier molecular flexibility index (Phi) is 3.02. The van der Waals surface area contributed by atoms with Gasteiger partial charge in [0.15, 0.2) is 0 Å². The van der Waals surface area contributed by atoms with E-state index >= 15 is 0 Å². The molecule has 0 atom stereocenters. The third-order valence-electron chi connectivity index (χ3n) is 5.61. The largest absolute Gasteiger partial charge is 0.135 e. The summed E-state index contributed by atoms with van der Waals surface area (Å²) in [5, 5.41) is 8.15. The zero-order chi connectivity index (χ0) is 17.3. The van der Waals surface area contributed by atoms with Crippen molar-refractivity contribution in [2.45, 2.75) is 27.7 Å². The van der Waals surface area contributed by atoms with Crippen LogP contribution in [0.4, 0.5) is 0 Å². The van der Waals surface area contributed by atoms with E-state index in [0.717, 1.165) is 0 Å². The number of hydrogen-bond acceptors (Lipinski definition) is 1. The van der Waals surface area contributed by atoms with Crippen LogP contribution in [0.1, 0.15) is 22.3 Å². The fourth-order valence-corrected chi connectivity index (χ4v) is 4.99. The van der Waals surface area contributed by atoms with E-state index in [1.165, 1.54) is 64.0 Å². The summed E-state index contributed by atoms with van der Waals surface area (Å²) in [6.07, 6.45) is 0. The summed E-state index contributed by atoms with van der Waals surface area (Å²) in [5.74, 6) is 0. The van der Waals surface area contributed by atoms with E-state index in [4.69, 9.17) is 0 Å². The maximum Gasteiger partial charge on any atom is 0.0361 e. The van der Waals surface area contributed by atoms with Gasteiger partial charge in [-0.15, -0.1) is 11.3 Å². The highest BCUT2D eigenvalue weighted by atomic mass is 32.1. The Labute approximate surface area is 151 Å². The molecule has 0 aliphatic heterocycles. The molecule has 1 aromatic heterocycles. The molecule has 25 heavy (non-hydrogen) atoms. The van der Waals surface area contributed by atoms with Crippen molar-refractivity contribution in [1.82, 2.24) is 0 Å². The molecule has 0 spiro atoms. The van der Waals surface area contributed by atoms with Gasteiger partial charge in [0.25, 0.3) is 0 Å². The molecule has 5 rings (SSSR count). The van der Waals surface area contributed by atoms with Crippen LogP contribution in [0.15, 0.2) is 48.5 Å². The van der Waals surface area contributed by atoms with Gasteiger partial charge in [-0.1, -0.05) is 24.3 Å². The summed E-state index contributed by atoms with van der Waals surface area (Å²) >= 11 is 1.91. The van der Waals surface area contributed by atoms with Crippen molar-refractivity contribution in [2.75, 3.05) is 0 Å². The van der Waals surface area contributed by atoms with Crippen molar-refractivity contribution in [2.24, 2.45) is 0 Å². The first kappa shape index (κ1) is 14.9. The van der Waals surface area contributed by atoms with Gasteiger partial charge in [0.05, 0.1) is 0 Å². The van der Waals surface area contributed by atoms with Gasteiger partial charge in [0, 0.05) is 20.2 Å². The maximum atomic E-state index is 2.38. The average molecular weight is 340 g/mol. The Morgan fingerprint density at radius 3 is 1.12 bits per heavy atom. The number of rotatable bonds is 0. The summed E-state index contributed by atoms with van der Waals surface area (Å²) < 4.78 is 2.77. The minimum Gasteiger partial charge on any atom is -0.135 e. The molecule has 4 aromatic carbocycles. The Bertz CT molecular complexity index is 1220. The highest BCUT2D eigenvalue weighted by molar-refractivity contribution is 7.26. The van der Waals surface area contributed by atoms with Crippen LogP contribution in [-0.4, -0.2) is 0 Å². The van der Waals surface area contributed by atoms with E-state index in [9.17, 15) is 0 Å². The summed E-state index contributed by atoms with van der Waals surface area (Å²) in [5.41, 5.74) is 5.46. The lowest BCUT2D eigenvalue weighted by Gasteiger charge is -2.05. The van der Waals surface area contributed by atoms with Gasteiger partial charge >= 0.3 is 0 Å². The fourth-order valence-electron chi connectivity index (χ4n) is 3.82. The molecule has 0 radical (unpaired) electrons. The molecule has 122 valence electrons. The Balaban J connectivity index is 1.92. The van der Waals surface area contributed by atoms with Crippen LogP contribution >= 0.6 is 11.3 Å². The van der Waals surface area contributed by atoms with Crippen molar-refractivity contribution in [3.05, 3.63) is 70.8 Å². The smallest absolute Gasteiger partial charge is 0.0361 e. The third kappa shape index (κ3) is 2.19. The van der Waals surface area contributed by atoms with Crippen LogP contribution in [0, 0.1) is 27.7 Å². The van der Waals surface area contributed by atoms with Crippen LogP contribution in [0.25, 0.3) is 41.7 Å². The number of fused-ring (bicyclic) bond motifs is 5. The molecule has 1 heteroatoms. The first-order valence-corrected chi connectivity index (χ1v) is 9.59. The van der Waals surface area contributed by atoms with Gasteiger partial charge in [-0.25, -0.2) is 0 Å². The van der Waals surface area contributed by atoms with E-state index in [0.29, 0.717) is 0 Å². The van der Waals surface area contributed by atoms with Gasteiger partial charge in [-0.3, -0.25) is 0 Å². The van der Waals surface area contributed by atoms with Crippen LogP contribution < -0.4 is 0 Å². The summed E-state index contributed by atoms with van der Waals surface area (Å²) in [4.78, 5) is 0.